The average Bonchev–Trinajstić information content (AvgIpc) is 2.77. The van der Waals surface area contributed by atoms with Crippen molar-refractivity contribution in [2.45, 2.75) is 25.4 Å². The second kappa shape index (κ2) is 6.46. The van der Waals surface area contributed by atoms with E-state index in [9.17, 15) is 9.90 Å². The number of nitrogens with one attached hydrogen (secondary N) is 2. The van der Waals surface area contributed by atoms with Gasteiger partial charge in [0.2, 0.25) is 0 Å². The molecule has 0 aliphatic heterocycles. The first kappa shape index (κ1) is 14.4. The maximum Gasteiger partial charge on any atom is 0.319 e. The monoisotopic (exact) mass is 302 g/mol. The molecule has 1 aromatic carbocycles. The largest absolute Gasteiger partial charge is 0.393 e. The van der Waals surface area contributed by atoms with Crippen LogP contribution in [-0.4, -0.2) is 23.8 Å². The van der Waals surface area contributed by atoms with E-state index in [-0.39, 0.29) is 18.1 Å². The fraction of sp³-hybridized carbons (Fsp3) is 0.462. The number of hydrogen-bond acceptors (Lipinski definition) is 2. The second-order valence-corrected chi connectivity index (χ2v) is 5.54. The highest BCUT2D eigenvalue weighted by molar-refractivity contribution is 6.42. The molecule has 6 heteroatoms. The Morgan fingerprint density at radius 3 is 2.74 bits per heavy atom. The Kier molecular flexibility index (Phi) is 4.91. The number of anilines is 1. The molecule has 104 valence electrons. The molecule has 0 bridgehead atoms. The molecule has 1 aromatic rings. The number of aliphatic hydroxyl groups is 1. The first-order valence-electron chi connectivity index (χ1n) is 6.24. The Hall–Kier alpha value is -0.970. The zero-order chi connectivity index (χ0) is 13.8. The number of benzene rings is 1. The highest BCUT2D eigenvalue weighted by atomic mass is 35.5. The summed E-state index contributed by atoms with van der Waals surface area (Å²) in [6, 6.07) is 4.59. The van der Waals surface area contributed by atoms with Crippen LogP contribution < -0.4 is 10.6 Å². The normalized spacial score (nSPS) is 22.3. The summed E-state index contributed by atoms with van der Waals surface area (Å²) in [5, 5.41) is 15.9. The molecule has 0 aromatic heterocycles. The van der Waals surface area contributed by atoms with Crippen LogP contribution in [0.1, 0.15) is 19.3 Å². The first-order chi connectivity index (χ1) is 9.06. The molecule has 1 saturated carbocycles. The Bertz CT molecular complexity index is 468. The van der Waals surface area contributed by atoms with E-state index in [2.05, 4.69) is 10.6 Å². The van der Waals surface area contributed by atoms with Crippen molar-refractivity contribution in [3.8, 4) is 0 Å². The van der Waals surface area contributed by atoms with Crippen molar-refractivity contribution >= 4 is 34.9 Å². The number of carbonyl (C=O) groups is 1. The summed E-state index contributed by atoms with van der Waals surface area (Å²) in [7, 11) is 0. The molecule has 1 aliphatic rings. The lowest BCUT2D eigenvalue weighted by Crippen LogP contribution is -2.35. The van der Waals surface area contributed by atoms with Crippen LogP contribution in [0.2, 0.25) is 10.0 Å². The lowest BCUT2D eigenvalue weighted by Gasteiger charge is -2.15. The van der Waals surface area contributed by atoms with Gasteiger partial charge in [0.15, 0.2) is 0 Å². The third-order valence-electron chi connectivity index (χ3n) is 3.32. The third-order valence-corrected chi connectivity index (χ3v) is 4.06. The Balaban J connectivity index is 1.82. The van der Waals surface area contributed by atoms with Crippen LogP contribution in [0, 0.1) is 5.92 Å². The maximum absolute atomic E-state index is 11.7. The van der Waals surface area contributed by atoms with E-state index in [0.717, 1.165) is 19.3 Å². The maximum atomic E-state index is 11.7. The highest BCUT2D eigenvalue weighted by Gasteiger charge is 2.25. The topological polar surface area (TPSA) is 61.4 Å². The second-order valence-electron chi connectivity index (χ2n) is 4.72. The predicted octanol–water partition coefficient (Wildman–Crippen LogP) is 3.28. The van der Waals surface area contributed by atoms with E-state index >= 15 is 0 Å². The highest BCUT2D eigenvalue weighted by Crippen LogP contribution is 2.26. The molecule has 0 radical (unpaired) electrons. The number of hydrogen-bond donors (Lipinski definition) is 3. The zero-order valence-corrected chi connectivity index (χ0v) is 11.8. The molecule has 3 N–H and O–H groups in total. The van der Waals surface area contributed by atoms with E-state index in [4.69, 9.17) is 23.2 Å². The minimum absolute atomic E-state index is 0.152. The number of urea groups is 1. The molecule has 1 fully saturated rings. The van der Waals surface area contributed by atoms with Gasteiger partial charge in [-0.1, -0.05) is 29.6 Å². The van der Waals surface area contributed by atoms with Gasteiger partial charge in [-0.05, 0) is 31.0 Å². The fourth-order valence-corrected chi connectivity index (χ4v) is 2.53. The van der Waals surface area contributed by atoms with Crippen molar-refractivity contribution in [3.63, 3.8) is 0 Å². The van der Waals surface area contributed by atoms with Gasteiger partial charge in [-0.2, -0.15) is 0 Å². The Morgan fingerprint density at radius 2 is 2.11 bits per heavy atom. The minimum atomic E-state index is -0.308. The molecule has 1 aliphatic carbocycles. The van der Waals surface area contributed by atoms with Crippen molar-refractivity contribution in [1.82, 2.24) is 5.32 Å². The van der Waals surface area contributed by atoms with Crippen molar-refractivity contribution in [2.24, 2.45) is 5.92 Å². The van der Waals surface area contributed by atoms with Gasteiger partial charge >= 0.3 is 6.03 Å². The van der Waals surface area contributed by atoms with Crippen LogP contribution in [0.25, 0.3) is 0 Å². The summed E-state index contributed by atoms with van der Waals surface area (Å²) in [5.41, 5.74) is 0.582. The summed E-state index contributed by atoms with van der Waals surface area (Å²) < 4.78 is 0. The molecule has 0 spiro atoms. The van der Waals surface area contributed by atoms with Crippen molar-refractivity contribution in [2.75, 3.05) is 11.9 Å². The van der Waals surface area contributed by atoms with Gasteiger partial charge in [0.1, 0.15) is 0 Å². The standard InChI is InChI=1S/C13H16Cl2N2O2/c14-10-5-4-9(6-11(10)15)17-13(19)16-7-8-2-1-3-12(8)18/h4-6,8,12,18H,1-3,7H2,(H2,16,17,19). The molecular formula is C13H16Cl2N2O2. The number of amides is 2. The van der Waals surface area contributed by atoms with Crippen molar-refractivity contribution in [1.29, 1.82) is 0 Å². The van der Waals surface area contributed by atoms with E-state index in [1.807, 2.05) is 0 Å². The number of aliphatic hydroxyl groups excluding tert-OH is 1. The van der Waals surface area contributed by atoms with E-state index in [1.165, 1.54) is 0 Å². The molecule has 4 nitrogen and oxygen atoms in total. The molecule has 0 saturated heterocycles. The van der Waals surface area contributed by atoms with Crippen LogP contribution in [0.4, 0.5) is 10.5 Å². The first-order valence-corrected chi connectivity index (χ1v) is 7.00. The molecule has 2 atom stereocenters. The predicted molar refractivity (Wildman–Crippen MR) is 76.8 cm³/mol. The van der Waals surface area contributed by atoms with E-state index in [0.29, 0.717) is 22.3 Å². The third kappa shape index (κ3) is 4.00. The summed E-state index contributed by atoms with van der Waals surface area (Å²) in [5.74, 6) is 0.152. The van der Waals surface area contributed by atoms with Gasteiger partial charge in [0.05, 0.1) is 16.1 Å². The number of rotatable bonds is 3. The van der Waals surface area contributed by atoms with Crippen molar-refractivity contribution in [3.05, 3.63) is 28.2 Å². The lowest BCUT2D eigenvalue weighted by atomic mass is 10.1. The quantitative estimate of drug-likeness (QED) is 0.802. The van der Waals surface area contributed by atoms with Crippen LogP contribution in [-0.2, 0) is 0 Å². The molecular weight excluding hydrogens is 287 g/mol. The number of carbonyl (C=O) groups excluding carboxylic acids is 1. The zero-order valence-electron chi connectivity index (χ0n) is 10.3. The van der Waals surface area contributed by atoms with Gasteiger partial charge in [0.25, 0.3) is 0 Å². The molecule has 2 amide bonds. The fourth-order valence-electron chi connectivity index (χ4n) is 2.23. The lowest BCUT2D eigenvalue weighted by molar-refractivity contribution is 0.133. The summed E-state index contributed by atoms with van der Waals surface area (Å²) >= 11 is 11.7. The van der Waals surface area contributed by atoms with E-state index < -0.39 is 0 Å². The van der Waals surface area contributed by atoms with Crippen LogP contribution in [0.15, 0.2) is 18.2 Å². The average molecular weight is 303 g/mol. The molecule has 2 rings (SSSR count). The molecule has 19 heavy (non-hydrogen) atoms. The Labute approximate surface area is 122 Å². The summed E-state index contributed by atoms with van der Waals surface area (Å²) in [4.78, 5) is 11.7. The van der Waals surface area contributed by atoms with E-state index in [1.54, 1.807) is 18.2 Å². The summed E-state index contributed by atoms with van der Waals surface area (Å²) in [6.45, 7) is 0.480. The van der Waals surface area contributed by atoms with Crippen LogP contribution in [0.3, 0.4) is 0 Å². The molecule has 2 unspecified atom stereocenters. The molecule has 0 heterocycles. The smallest absolute Gasteiger partial charge is 0.319 e. The van der Waals surface area contributed by atoms with Gasteiger partial charge in [-0.3, -0.25) is 0 Å². The van der Waals surface area contributed by atoms with Crippen LogP contribution >= 0.6 is 23.2 Å². The van der Waals surface area contributed by atoms with Crippen LogP contribution in [0.5, 0.6) is 0 Å². The van der Waals surface area contributed by atoms with Gasteiger partial charge in [-0.25, -0.2) is 4.79 Å². The minimum Gasteiger partial charge on any atom is -0.393 e. The van der Waals surface area contributed by atoms with Gasteiger partial charge < -0.3 is 15.7 Å². The SMILES string of the molecule is O=C(NCC1CCCC1O)Nc1ccc(Cl)c(Cl)c1. The van der Waals surface area contributed by atoms with Gasteiger partial charge in [0, 0.05) is 18.2 Å². The van der Waals surface area contributed by atoms with Gasteiger partial charge in [-0.15, -0.1) is 0 Å². The Morgan fingerprint density at radius 1 is 1.32 bits per heavy atom. The van der Waals surface area contributed by atoms with Crippen molar-refractivity contribution < 1.29 is 9.90 Å². The summed E-state index contributed by atoms with van der Waals surface area (Å²) in [6.07, 6.45) is 2.49. The number of halogens is 2.